The molecular formula is C21H24N2O2. The van der Waals surface area contributed by atoms with Gasteiger partial charge in [-0.05, 0) is 30.5 Å². The minimum atomic E-state index is -0.344. The molecule has 25 heavy (non-hydrogen) atoms. The Morgan fingerprint density at radius 2 is 1.72 bits per heavy atom. The molecule has 0 saturated carbocycles. The fraction of sp³-hybridized carbons (Fsp3) is 0.333. The zero-order valence-electron chi connectivity index (χ0n) is 14.9. The molecule has 2 amide bonds. The van der Waals surface area contributed by atoms with Crippen molar-refractivity contribution in [1.29, 1.82) is 0 Å². The third-order valence-corrected chi connectivity index (χ3v) is 4.71. The Kier molecular flexibility index (Phi) is 4.88. The SMILES string of the molecule is Cc1ccc([C@H]2CN(C(=O)c3ccccc3)[C@@H](C(C)C)NC2=O)cc1. The molecule has 1 fully saturated rings. The van der Waals surface area contributed by atoms with Crippen LogP contribution in [0.3, 0.4) is 0 Å². The van der Waals surface area contributed by atoms with Gasteiger partial charge >= 0.3 is 0 Å². The Hall–Kier alpha value is -2.62. The predicted octanol–water partition coefficient (Wildman–Crippen LogP) is 3.33. The Morgan fingerprint density at radius 1 is 1.08 bits per heavy atom. The average molecular weight is 336 g/mol. The first-order chi connectivity index (χ1) is 12.0. The fourth-order valence-corrected chi connectivity index (χ4v) is 3.26. The maximum atomic E-state index is 13.0. The molecule has 2 aromatic carbocycles. The van der Waals surface area contributed by atoms with Gasteiger partial charge in [0.2, 0.25) is 5.91 Å². The highest BCUT2D eigenvalue weighted by Gasteiger charge is 2.38. The first kappa shape index (κ1) is 17.2. The first-order valence-electron chi connectivity index (χ1n) is 8.70. The number of rotatable bonds is 3. The number of aryl methyl sites for hydroxylation is 1. The summed E-state index contributed by atoms with van der Waals surface area (Å²) in [5.74, 6) is -0.269. The van der Waals surface area contributed by atoms with Crippen molar-refractivity contribution in [3.05, 3.63) is 71.3 Å². The highest BCUT2D eigenvalue weighted by Crippen LogP contribution is 2.26. The van der Waals surface area contributed by atoms with Crippen LogP contribution in [-0.2, 0) is 4.79 Å². The van der Waals surface area contributed by atoms with Crippen LogP contribution in [-0.4, -0.2) is 29.4 Å². The highest BCUT2D eigenvalue weighted by molar-refractivity contribution is 5.96. The number of nitrogens with one attached hydrogen (secondary N) is 1. The number of hydrogen-bond donors (Lipinski definition) is 1. The van der Waals surface area contributed by atoms with E-state index >= 15 is 0 Å². The molecule has 0 aliphatic carbocycles. The van der Waals surface area contributed by atoms with Gasteiger partial charge in [-0.2, -0.15) is 0 Å². The lowest BCUT2D eigenvalue weighted by atomic mass is 9.92. The first-order valence-corrected chi connectivity index (χ1v) is 8.70. The molecule has 1 aliphatic heterocycles. The molecular weight excluding hydrogens is 312 g/mol. The number of carbonyl (C=O) groups is 2. The van der Waals surface area contributed by atoms with Crippen molar-refractivity contribution in [2.24, 2.45) is 5.92 Å². The lowest BCUT2D eigenvalue weighted by Gasteiger charge is -2.42. The topological polar surface area (TPSA) is 49.4 Å². The van der Waals surface area contributed by atoms with Crippen LogP contribution in [0.1, 0.15) is 41.3 Å². The minimum absolute atomic E-state index is 0.0142. The van der Waals surface area contributed by atoms with Gasteiger partial charge < -0.3 is 10.2 Å². The minimum Gasteiger partial charge on any atom is -0.335 e. The van der Waals surface area contributed by atoms with Gasteiger partial charge in [-0.25, -0.2) is 0 Å². The smallest absolute Gasteiger partial charge is 0.255 e. The molecule has 4 nitrogen and oxygen atoms in total. The maximum Gasteiger partial charge on any atom is 0.255 e. The molecule has 2 aromatic rings. The summed E-state index contributed by atoms with van der Waals surface area (Å²) in [5.41, 5.74) is 2.74. The molecule has 0 aromatic heterocycles. The summed E-state index contributed by atoms with van der Waals surface area (Å²) in [5, 5.41) is 3.05. The van der Waals surface area contributed by atoms with Gasteiger partial charge in [0, 0.05) is 12.1 Å². The van der Waals surface area contributed by atoms with Crippen LogP contribution < -0.4 is 5.32 Å². The van der Waals surface area contributed by atoms with E-state index in [0.717, 1.165) is 11.1 Å². The van der Waals surface area contributed by atoms with E-state index in [1.807, 2.05) is 75.4 Å². The molecule has 1 heterocycles. The molecule has 1 N–H and O–H groups in total. The Labute approximate surface area is 148 Å². The zero-order valence-corrected chi connectivity index (χ0v) is 14.9. The summed E-state index contributed by atoms with van der Waals surface area (Å²) in [7, 11) is 0. The lowest BCUT2D eigenvalue weighted by molar-refractivity contribution is -0.128. The second-order valence-corrected chi connectivity index (χ2v) is 6.98. The van der Waals surface area contributed by atoms with Gasteiger partial charge in [0.05, 0.1) is 5.92 Å². The van der Waals surface area contributed by atoms with E-state index in [2.05, 4.69) is 5.32 Å². The summed E-state index contributed by atoms with van der Waals surface area (Å²) >= 11 is 0. The molecule has 2 atom stereocenters. The van der Waals surface area contributed by atoms with Crippen LogP contribution in [0.15, 0.2) is 54.6 Å². The largest absolute Gasteiger partial charge is 0.335 e. The van der Waals surface area contributed by atoms with E-state index in [4.69, 9.17) is 0 Å². The molecule has 0 unspecified atom stereocenters. The normalized spacial score (nSPS) is 20.5. The summed E-state index contributed by atoms with van der Waals surface area (Å²) in [6.07, 6.45) is -0.290. The Morgan fingerprint density at radius 3 is 2.32 bits per heavy atom. The van der Waals surface area contributed by atoms with Crippen molar-refractivity contribution >= 4 is 11.8 Å². The van der Waals surface area contributed by atoms with Gasteiger partial charge in [0.15, 0.2) is 0 Å². The fourth-order valence-electron chi connectivity index (χ4n) is 3.26. The quantitative estimate of drug-likeness (QED) is 0.934. The van der Waals surface area contributed by atoms with Crippen LogP contribution >= 0.6 is 0 Å². The molecule has 4 heteroatoms. The van der Waals surface area contributed by atoms with Crippen LogP contribution in [0.25, 0.3) is 0 Å². The molecule has 0 spiro atoms. The van der Waals surface area contributed by atoms with Gasteiger partial charge in [-0.3, -0.25) is 9.59 Å². The summed E-state index contributed by atoms with van der Waals surface area (Å²) in [6, 6.07) is 17.2. The van der Waals surface area contributed by atoms with Crippen molar-refractivity contribution < 1.29 is 9.59 Å². The van der Waals surface area contributed by atoms with Crippen molar-refractivity contribution in [3.63, 3.8) is 0 Å². The van der Waals surface area contributed by atoms with Crippen LogP contribution in [0.4, 0.5) is 0 Å². The van der Waals surface area contributed by atoms with Crippen molar-refractivity contribution in [1.82, 2.24) is 10.2 Å². The molecule has 130 valence electrons. The van der Waals surface area contributed by atoms with Crippen molar-refractivity contribution in [2.45, 2.75) is 32.9 Å². The average Bonchev–Trinajstić information content (AvgIpc) is 2.62. The van der Waals surface area contributed by atoms with Gasteiger partial charge in [-0.15, -0.1) is 0 Å². The lowest BCUT2D eigenvalue weighted by Crippen LogP contribution is -2.61. The van der Waals surface area contributed by atoms with E-state index < -0.39 is 0 Å². The number of hydrogen-bond acceptors (Lipinski definition) is 2. The van der Waals surface area contributed by atoms with Gasteiger partial charge in [0.25, 0.3) is 5.91 Å². The van der Waals surface area contributed by atoms with E-state index in [1.54, 1.807) is 4.90 Å². The molecule has 0 bridgehead atoms. The second kappa shape index (κ2) is 7.09. The molecule has 3 rings (SSSR count). The van der Waals surface area contributed by atoms with Crippen LogP contribution in [0.2, 0.25) is 0 Å². The van der Waals surface area contributed by atoms with E-state index in [-0.39, 0.29) is 29.8 Å². The van der Waals surface area contributed by atoms with Gasteiger partial charge in [-0.1, -0.05) is 61.9 Å². The summed E-state index contributed by atoms with van der Waals surface area (Å²) in [6.45, 7) is 6.45. The van der Waals surface area contributed by atoms with Crippen LogP contribution in [0, 0.1) is 12.8 Å². The highest BCUT2D eigenvalue weighted by atomic mass is 16.2. The second-order valence-electron chi connectivity index (χ2n) is 6.98. The summed E-state index contributed by atoms with van der Waals surface area (Å²) in [4.78, 5) is 27.5. The Balaban J connectivity index is 1.91. The maximum absolute atomic E-state index is 13.0. The van der Waals surface area contributed by atoms with E-state index in [9.17, 15) is 9.59 Å². The standard InChI is InChI=1S/C21H24N2O2/c1-14(2)19-22-20(24)18(16-11-9-15(3)10-12-16)13-23(19)21(25)17-7-5-4-6-8-17/h4-12,14,18-19H,13H2,1-3H3,(H,22,24)/t18-,19+/m1/s1. The van der Waals surface area contributed by atoms with Crippen molar-refractivity contribution in [2.75, 3.05) is 6.54 Å². The predicted molar refractivity (Wildman–Crippen MR) is 98.2 cm³/mol. The van der Waals surface area contributed by atoms with E-state index in [1.165, 1.54) is 0 Å². The van der Waals surface area contributed by atoms with Gasteiger partial charge in [0.1, 0.15) is 6.17 Å². The monoisotopic (exact) mass is 336 g/mol. The third kappa shape index (κ3) is 3.58. The molecule has 1 saturated heterocycles. The summed E-state index contributed by atoms with van der Waals surface area (Å²) < 4.78 is 0. The van der Waals surface area contributed by atoms with E-state index in [0.29, 0.717) is 12.1 Å². The number of amides is 2. The molecule has 0 radical (unpaired) electrons. The zero-order chi connectivity index (χ0) is 18.0. The Bertz CT molecular complexity index is 753. The molecule has 1 aliphatic rings. The third-order valence-electron chi connectivity index (χ3n) is 4.71. The number of benzene rings is 2. The van der Waals surface area contributed by atoms with Crippen LogP contribution in [0.5, 0.6) is 0 Å². The number of nitrogens with zero attached hydrogens (tertiary/aromatic N) is 1. The number of carbonyl (C=O) groups excluding carboxylic acids is 2. The van der Waals surface area contributed by atoms with Crippen molar-refractivity contribution in [3.8, 4) is 0 Å².